The molecule has 8 nitrogen and oxygen atoms in total. The summed E-state index contributed by atoms with van der Waals surface area (Å²) in [7, 11) is 0. The van der Waals surface area contributed by atoms with Crippen LogP contribution in [0.4, 0.5) is 19.7 Å². The van der Waals surface area contributed by atoms with Gasteiger partial charge in [0, 0.05) is 24.8 Å². The minimum Gasteiger partial charge on any atom is -0.449 e. The van der Waals surface area contributed by atoms with Gasteiger partial charge in [0.25, 0.3) is 5.91 Å². The minimum absolute atomic E-state index is 0.0476. The first-order chi connectivity index (χ1) is 15.1. The number of nitrogens with zero attached hydrogens (tertiary/aromatic N) is 1. The number of likely N-dealkylation sites (tertiary alicyclic amines) is 1. The fourth-order valence-corrected chi connectivity index (χ4v) is 3.47. The maximum absolute atomic E-state index is 14.2. The molecule has 1 aromatic carbocycles. The van der Waals surface area contributed by atoms with Gasteiger partial charge in [-0.15, -0.1) is 0 Å². The van der Waals surface area contributed by atoms with Crippen molar-refractivity contribution in [3.05, 3.63) is 29.6 Å². The summed E-state index contributed by atoms with van der Waals surface area (Å²) in [5, 5.41) is 5.21. The highest BCUT2D eigenvalue weighted by atomic mass is 19.1. The van der Waals surface area contributed by atoms with Gasteiger partial charge in [-0.1, -0.05) is 0 Å². The van der Waals surface area contributed by atoms with Crippen molar-refractivity contribution in [2.45, 2.75) is 64.5 Å². The van der Waals surface area contributed by atoms with E-state index in [1.807, 2.05) is 20.8 Å². The molecule has 176 valence electrons. The summed E-state index contributed by atoms with van der Waals surface area (Å²) in [6.07, 6.45) is 3.19. The van der Waals surface area contributed by atoms with Gasteiger partial charge in [-0.3, -0.25) is 10.1 Å². The lowest BCUT2D eigenvalue weighted by Crippen LogP contribution is -2.41. The summed E-state index contributed by atoms with van der Waals surface area (Å²) in [5.41, 5.74) is -0.337. The third-order valence-corrected chi connectivity index (χ3v) is 5.40. The standard InChI is InChI=1S/C23H32FN3O5/c1-23(2,3)32-22(30)27-11-8-15(9-12-27)10-13-31-21(29)26-17-6-7-18(19(24)14-17)20(28)25-16-4-5-16/h6-7,14-16H,4-5,8-13H2,1-3H3,(H,25,28)(H,26,29). The molecule has 1 aromatic rings. The second kappa shape index (κ2) is 10.2. The number of ether oxygens (including phenoxy) is 2. The molecule has 0 bridgehead atoms. The topological polar surface area (TPSA) is 97.0 Å². The molecular weight excluding hydrogens is 417 g/mol. The Morgan fingerprint density at radius 2 is 1.81 bits per heavy atom. The maximum Gasteiger partial charge on any atom is 0.411 e. The van der Waals surface area contributed by atoms with Crippen LogP contribution in [0.2, 0.25) is 0 Å². The molecule has 2 N–H and O–H groups in total. The highest BCUT2D eigenvalue weighted by Crippen LogP contribution is 2.23. The predicted octanol–water partition coefficient (Wildman–Crippen LogP) is 4.30. The van der Waals surface area contributed by atoms with E-state index in [0.717, 1.165) is 31.7 Å². The quantitative estimate of drug-likeness (QED) is 0.675. The molecule has 32 heavy (non-hydrogen) atoms. The van der Waals surface area contributed by atoms with Crippen molar-refractivity contribution in [3.63, 3.8) is 0 Å². The first kappa shape index (κ1) is 23.8. The normalized spacial score (nSPS) is 16.9. The lowest BCUT2D eigenvalue weighted by atomic mass is 9.94. The van der Waals surface area contributed by atoms with E-state index in [2.05, 4.69) is 10.6 Å². The van der Waals surface area contributed by atoms with Crippen molar-refractivity contribution < 1.29 is 28.2 Å². The van der Waals surface area contributed by atoms with Gasteiger partial charge in [0.2, 0.25) is 0 Å². The van der Waals surface area contributed by atoms with Crippen LogP contribution in [0.3, 0.4) is 0 Å². The number of amides is 3. The molecule has 1 saturated heterocycles. The summed E-state index contributed by atoms with van der Waals surface area (Å²) in [5.74, 6) is -0.794. The second-order valence-electron chi connectivity index (χ2n) is 9.40. The number of carbonyl (C=O) groups is 3. The van der Waals surface area contributed by atoms with Gasteiger partial charge in [-0.25, -0.2) is 14.0 Å². The van der Waals surface area contributed by atoms with Crippen LogP contribution in [0.25, 0.3) is 0 Å². The largest absolute Gasteiger partial charge is 0.449 e. The highest BCUT2D eigenvalue weighted by molar-refractivity contribution is 5.95. The van der Waals surface area contributed by atoms with E-state index < -0.39 is 23.4 Å². The number of rotatable bonds is 6. The van der Waals surface area contributed by atoms with Crippen molar-refractivity contribution in [1.29, 1.82) is 0 Å². The zero-order chi connectivity index (χ0) is 23.3. The maximum atomic E-state index is 14.2. The Morgan fingerprint density at radius 3 is 2.41 bits per heavy atom. The third-order valence-electron chi connectivity index (χ3n) is 5.40. The van der Waals surface area contributed by atoms with Crippen molar-refractivity contribution in [1.82, 2.24) is 10.2 Å². The first-order valence-electron chi connectivity index (χ1n) is 11.1. The molecule has 0 spiro atoms. The first-order valence-corrected chi connectivity index (χ1v) is 11.1. The van der Waals surface area contributed by atoms with Crippen LogP contribution in [0.5, 0.6) is 0 Å². The number of benzene rings is 1. The molecule has 1 aliphatic heterocycles. The molecule has 0 atom stereocenters. The smallest absolute Gasteiger partial charge is 0.411 e. The fraction of sp³-hybridized carbons (Fsp3) is 0.609. The number of carbonyl (C=O) groups excluding carboxylic acids is 3. The van der Waals surface area contributed by atoms with E-state index in [1.54, 1.807) is 4.90 Å². The summed E-state index contributed by atoms with van der Waals surface area (Å²) < 4.78 is 24.8. The molecule has 9 heteroatoms. The fourth-order valence-electron chi connectivity index (χ4n) is 3.47. The van der Waals surface area contributed by atoms with Crippen LogP contribution in [0.1, 0.15) is 63.2 Å². The second-order valence-corrected chi connectivity index (χ2v) is 9.40. The number of hydrogen-bond donors (Lipinski definition) is 2. The average molecular weight is 450 g/mol. The average Bonchev–Trinajstić information content (AvgIpc) is 3.51. The summed E-state index contributed by atoms with van der Waals surface area (Å²) >= 11 is 0. The Balaban J connectivity index is 1.35. The summed E-state index contributed by atoms with van der Waals surface area (Å²) in [4.78, 5) is 37.8. The molecule has 0 unspecified atom stereocenters. The Bertz CT molecular complexity index is 843. The predicted molar refractivity (Wildman–Crippen MR) is 117 cm³/mol. The molecule has 3 rings (SSSR count). The number of nitrogens with one attached hydrogen (secondary N) is 2. The molecule has 1 heterocycles. The van der Waals surface area contributed by atoms with Crippen LogP contribution in [0.15, 0.2) is 18.2 Å². The van der Waals surface area contributed by atoms with E-state index in [1.165, 1.54) is 12.1 Å². The monoisotopic (exact) mass is 449 g/mol. The molecule has 2 aliphatic rings. The third kappa shape index (κ3) is 7.39. The van der Waals surface area contributed by atoms with Gasteiger partial charge in [0.05, 0.1) is 12.2 Å². The van der Waals surface area contributed by atoms with Crippen molar-refractivity contribution in [2.75, 3.05) is 25.0 Å². The van der Waals surface area contributed by atoms with Crippen molar-refractivity contribution in [2.24, 2.45) is 5.92 Å². The number of piperidine rings is 1. The summed E-state index contributed by atoms with van der Waals surface area (Å²) in [6.45, 7) is 6.99. The lowest BCUT2D eigenvalue weighted by Gasteiger charge is -2.33. The van der Waals surface area contributed by atoms with Gasteiger partial charge in [-0.05, 0) is 77.0 Å². The Labute approximate surface area is 187 Å². The Kier molecular flexibility index (Phi) is 7.58. The zero-order valence-electron chi connectivity index (χ0n) is 18.9. The van der Waals surface area contributed by atoms with Gasteiger partial charge in [0.15, 0.2) is 0 Å². The number of halogens is 1. The number of hydrogen-bond acceptors (Lipinski definition) is 5. The van der Waals surface area contributed by atoms with Gasteiger partial charge >= 0.3 is 12.2 Å². The van der Waals surface area contributed by atoms with E-state index in [4.69, 9.17) is 9.47 Å². The highest BCUT2D eigenvalue weighted by Gasteiger charge is 2.27. The SMILES string of the molecule is CC(C)(C)OC(=O)N1CCC(CCOC(=O)Nc2ccc(C(=O)NC3CC3)c(F)c2)CC1. The van der Waals surface area contributed by atoms with Gasteiger partial charge in [-0.2, -0.15) is 0 Å². The van der Waals surface area contributed by atoms with E-state index in [-0.39, 0.29) is 30.0 Å². The molecular formula is C23H32FN3O5. The van der Waals surface area contributed by atoms with Crippen LogP contribution in [0, 0.1) is 11.7 Å². The number of anilines is 1. The minimum atomic E-state index is -0.697. The Morgan fingerprint density at radius 1 is 1.12 bits per heavy atom. The van der Waals surface area contributed by atoms with Crippen molar-refractivity contribution >= 4 is 23.8 Å². The molecule has 2 fully saturated rings. The van der Waals surface area contributed by atoms with Crippen LogP contribution < -0.4 is 10.6 Å². The van der Waals surface area contributed by atoms with Crippen LogP contribution in [-0.4, -0.2) is 54.3 Å². The van der Waals surface area contributed by atoms with Crippen molar-refractivity contribution in [3.8, 4) is 0 Å². The summed E-state index contributed by atoms with van der Waals surface area (Å²) in [6, 6.07) is 4.06. The molecule has 1 aliphatic carbocycles. The van der Waals surface area contributed by atoms with Gasteiger partial charge < -0.3 is 19.7 Å². The Hall–Kier alpha value is -2.84. The zero-order valence-corrected chi connectivity index (χ0v) is 18.9. The van der Waals surface area contributed by atoms with E-state index in [0.29, 0.717) is 25.4 Å². The van der Waals surface area contributed by atoms with Gasteiger partial charge in [0.1, 0.15) is 11.4 Å². The van der Waals surface area contributed by atoms with E-state index >= 15 is 0 Å². The van der Waals surface area contributed by atoms with Crippen LogP contribution >= 0.6 is 0 Å². The molecule has 0 radical (unpaired) electrons. The van der Waals surface area contributed by atoms with Crippen LogP contribution in [-0.2, 0) is 9.47 Å². The van der Waals surface area contributed by atoms with E-state index in [9.17, 15) is 18.8 Å². The molecule has 3 amide bonds. The molecule has 0 aromatic heterocycles. The molecule has 1 saturated carbocycles. The lowest BCUT2D eigenvalue weighted by molar-refractivity contribution is 0.0175.